The molecule has 0 saturated heterocycles. The number of aliphatic hydroxyl groups excluding tert-OH is 1. The van der Waals surface area contributed by atoms with E-state index in [0.717, 1.165) is 17.0 Å². The molecule has 0 amide bonds. The van der Waals surface area contributed by atoms with Crippen LogP contribution < -0.4 is 20.5 Å². The van der Waals surface area contributed by atoms with Gasteiger partial charge in [0.05, 0.1) is 19.4 Å². The molecule has 6 heteroatoms. The molecule has 0 aliphatic heterocycles. The van der Waals surface area contributed by atoms with Gasteiger partial charge in [-0.25, -0.2) is 0 Å². The van der Waals surface area contributed by atoms with Gasteiger partial charge in [-0.1, -0.05) is 18.2 Å². The number of para-hydroxylation sites is 1. The van der Waals surface area contributed by atoms with E-state index in [9.17, 15) is 0 Å². The molecule has 5 nitrogen and oxygen atoms in total. The van der Waals surface area contributed by atoms with Crippen LogP contribution in [0.3, 0.4) is 0 Å². The van der Waals surface area contributed by atoms with Crippen LogP contribution in [0.4, 0.5) is 11.4 Å². The van der Waals surface area contributed by atoms with E-state index in [1.165, 1.54) is 0 Å². The summed E-state index contributed by atoms with van der Waals surface area (Å²) in [6, 6.07) is 13.2. The van der Waals surface area contributed by atoms with E-state index >= 15 is 0 Å². The lowest BCUT2D eigenvalue weighted by atomic mass is 10.2. The second-order valence-electron chi connectivity index (χ2n) is 4.49. The van der Waals surface area contributed by atoms with Crippen molar-refractivity contribution in [3.05, 3.63) is 48.0 Å². The van der Waals surface area contributed by atoms with E-state index < -0.39 is 0 Å². The van der Waals surface area contributed by atoms with Gasteiger partial charge >= 0.3 is 0 Å². The number of nitrogen functional groups attached to an aromatic ring is 1. The summed E-state index contributed by atoms with van der Waals surface area (Å²) in [6.07, 6.45) is 0. The van der Waals surface area contributed by atoms with Crippen LogP contribution in [0, 0.1) is 0 Å². The molecule has 22 heavy (non-hydrogen) atoms. The predicted molar refractivity (Wildman–Crippen MR) is 91.0 cm³/mol. The van der Waals surface area contributed by atoms with Gasteiger partial charge in [0.25, 0.3) is 0 Å². The number of benzene rings is 2. The number of aliphatic hydroxyl groups is 1. The first-order valence-corrected chi connectivity index (χ1v) is 6.73. The van der Waals surface area contributed by atoms with Crippen LogP contribution in [0.5, 0.6) is 11.5 Å². The van der Waals surface area contributed by atoms with Crippen LogP contribution in [-0.4, -0.2) is 25.4 Å². The summed E-state index contributed by atoms with van der Waals surface area (Å²) in [7, 11) is 1.65. The molecule has 0 unspecified atom stereocenters. The fourth-order valence-corrected chi connectivity index (χ4v) is 2.01. The van der Waals surface area contributed by atoms with Crippen molar-refractivity contribution in [3.8, 4) is 11.5 Å². The third-order valence-corrected chi connectivity index (χ3v) is 3.01. The fraction of sp³-hybridized carbons (Fsp3) is 0.250. The molecule has 0 aliphatic rings. The van der Waals surface area contributed by atoms with Crippen molar-refractivity contribution in [3.63, 3.8) is 0 Å². The van der Waals surface area contributed by atoms with Gasteiger partial charge in [0.2, 0.25) is 0 Å². The third kappa shape index (κ3) is 4.72. The number of methoxy groups -OCH3 is 1. The maximum atomic E-state index is 8.86. The van der Waals surface area contributed by atoms with Gasteiger partial charge in [0.15, 0.2) is 0 Å². The minimum absolute atomic E-state index is 0. The number of rotatable bonds is 7. The quantitative estimate of drug-likeness (QED) is 0.683. The van der Waals surface area contributed by atoms with Crippen LogP contribution in [0.25, 0.3) is 0 Å². The van der Waals surface area contributed by atoms with Gasteiger partial charge in [0, 0.05) is 17.8 Å². The van der Waals surface area contributed by atoms with Crippen LogP contribution in [-0.2, 0) is 6.54 Å². The molecule has 120 valence electrons. The second kappa shape index (κ2) is 9.02. The highest BCUT2D eigenvalue weighted by Crippen LogP contribution is 2.28. The predicted octanol–water partition coefficient (Wildman–Crippen LogP) is 2.68. The molecular weight excluding hydrogens is 304 g/mol. The Kier molecular flexibility index (Phi) is 7.36. The summed E-state index contributed by atoms with van der Waals surface area (Å²) >= 11 is 0. The normalized spacial score (nSPS) is 9.73. The molecule has 0 aromatic heterocycles. The number of anilines is 2. The molecule has 0 heterocycles. The summed E-state index contributed by atoms with van der Waals surface area (Å²) in [4.78, 5) is 0. The van der Waals surface area contributed by atoms with Crippen LogP contribution in [0.1, 0.15) is 5.56 Å². The minimum Gasteiger partial charge on any atom is -0.496 e. The van der Waals surface area contributed by atoms with Crippen molar-refractivity contribution in [1.82, 2.24) is 0 Å². The van der Waals surface area contributed by atoms with Crippen molar-refractivity contribution in [2.75, 3.05) is 31.4 Å². The second-order valence-corrected chi connectivity index (χ2v) is 4.49. The molecule has 0 spiro atoms. The topological polar surface area (TPSA) is 76.7 Å². The molecule has 0 atom stereocenters. The highest BCUT2D eigenvalue weighted by molar-refractivity contribution is 5.85. The van der Waals surface area contributed by atoms with Crippen molar-refractivity contribution in [2.45, 2.75) is 6.54 Å². The molecule has 0 bridgehead atoms. The van der Waals surface area contributed by atoms with Crippen molar-refractivity contribution in [1.29, 1.82) is 0 Å². The van der Waals surface area contributed by atoms with Crippen LogP contribution in [0.15, 0.2) is 42.5 Å². The first-order valence-electron chi connectivity index (χ1n) is 6.73. The van der Waals surface area contributed by atoms with Gasteiger partial charge in [-0.2, -0.15) is 0 Å². The van der Waals surface area contributed by atoms with E-state index in [0.29, 0.717) is 18.0 Å². The summed E-state index contributed by atoms with van der Waals surface area (Å²) in [5, 5.41) is 12.2. The SMILES string of the molecule is COc1ccccc1CNc1cc(N)ccc1OCCO.Cl. The molecule has 0 fully saturated rings. The lowest BCUT2D eigenvalue weighted by Gasteiger charge is -2.15. The Morgan fingerprint density at radius 1 is 1.14 bits per heavy atom. The molecule has 4 N–H and O–H groups in total. The number of hydrogen-bond donors (Lipinski definition) is 3. The molecule has 0 saturated carbocycles. The zero-order valence-electron chi connectivity index (χ0n) is 12.4. The van der Waals surface area contributed by atoms with Crippen molar-refractivity contribution in [2.24, 2.45) is 0 Å². The lowest BCUT2D eigenvalue weighted by Crippen LogP contribution is -2.07. The number of hydrogen-bond acceptors (Lipinski definition) is 5. The smallest absolute Gasteiger partial charge is 0.142 e. The largest absolute Gasteiger partial charge is 0.496 e. The molecular formula is C16H21ClN2O3. The van der Waals surface area contributed by atoms with Crippen molar-refractivity contribution >= 4 is 23.8 Å². The van der Waals surface area contributed by atoms with Gasteiger partial charge in [0.1, 0.15) is 18.1 Å². The average Bonchev–Trinajstić information content (AvgIpc) is 2.52. The number of ether oxygens (including phenoxy) is 2. The first kappa shape index (κ1) is 17.9. The standard InChI is InChI=1S/C16H20N2O3.ClH/c1-20-15-5-3-2-4-12(15)11-18-14-10-13(17)6-7-16(14)21-9-8-19;/h2-7,10,18-19H,8-9,11,17H2,1H3;1H. The Morgan fingerprint density at radius 3 is 2.64 bits per heavy atom. The molecule has 0 radical (unpaired) electrons. The number of halogens is 1. The molecule has 0 aliphatic carbocycles. The summed E-state index contributed by atoms with van der Waals surface area (Å²) in [5.41, 5.74) is 8.28. The zero-order valence-corrected chi connectivity index (χ0v) is 13.2. The Hall–Kier alpha value is -2.11. The van der Waals surface area contributed by atoms with Crippen molar-refractivity contribution < 1.29 is 14.6 Å². The lowest BCUT2D eigenvalue weighted by molar-refractivity contribution is 0.202. The van der Waals surface area contributed by atoms with E-state index in [1.807, 2.05) is 30.3 Å². The Bertz CT molecular complexity index is 593. The Morgan fingerprint density at radius 2 is 1.91 bits per heavy atom. The summed E-state index contributed by atoms with van der Waals surface area (Å²) < 4.78 is 10.8. The van der Waals surface area contributed by atoms with Crippen LogP contribution in [0.2, 0.25) is 0 Å². The van der Waals surface area contributed by atoms with Gasteiger partial charge < -0.3 is 25.6 Å². The van der Waals surface area contributed by atoms with Gasteiger partial charge in [-0.05, 0) is 24.3 Å². The van der Waals surface area contributed by atoms with E-state index in [1.54, 1.807) is 19.2 Å². The fourth-order valence-electron chi connectivity index (χ4n) is 2.01. The zero-order chi connectivity index (χ0) is 15.1. The van der Waals surface area contributed by atoms with E-state index in [4.69, 9.17) is 20.3 Å². The molecule has 2 aromatic carbocycles. The maximum Gasteiger partial charge on any atom is 0.142 e. The Balaban J connectivity index is 0.00000242. The average molecular weight is 325 g/mol. The maximum absolute atomic E-state index is 8.86. The first-order chi connectivity index (χ1) is 10.2. The number of nitrogens with one attached hydrogen (secondary N) is 1. The molecule has 2 rings (SSSR count). The van der Waals surface area contributed by atoms with Gasteiger partial charge in [-0.3, -0.25) is 0 Å². The monoisotopic (exact) mass is 324 g/mol. The van der Waals surface area contributed by atoms with Gasteiger partial charge in [-0.15, -0.1) is 12.4 Å². The highest BCUT2D eigenvalue weighted by Gasteiger charge is 2.06. The van der Waals surface area contributed by atoms with E-state index in [2.05, 4.69) is 5.32 Å². The van der Waals surface area contributed by atoms with Crippen LogP contribution >= 0.6 is 12.4 Å². The Labute approximate surface area is 136 Å². The number of nitrogens with two attached hydrogens (primary N) is 1. The summed E-state index contributed by atoms with van der Waals surface area (Å²) in [5.74, 6) is 1.49. The summed E-state index contributed by atoms with van der Waals surface area (Å²) in [6.45, 7) is 0.798. The highest BCUT2D eigenvalue weighted by atomic mass is 35.5. The molecule has 2 aromatic rings. The third-order valence-electron chi connectivity index (χ3n) is 3.01. The van der Waals surface area contributed by atoms with E-state index in [-0.39, 0.29) is 25.6 Å². The minimum atomic E-state index is -0.0314.